The quantitative estimate of drug-likeness (QED) is 0.281. The molecule has 1 unspecified atom stereocenters. The van der Waals surface area contributed by atoms with E-state index in [1.54, 1.807) is 5.57 Å². The molecule has 1 saturated heterocycles. The van der Waals surface area contributed by atoms with E-state index in [1.165, 1.54) is 51.6 Å². The van der Waals surface area contributed by atoms with E-state index >= 15 is 0 Å². The van der Waals surface area contributed by atoms with Crippen molar-refractivity contribution in [2.24, 2.45) is 10.9 Å². The Hall–Kier alpha value is -0.300. The molecule has 5 heteroatoms. The Bertz CT molecular complexity index is 406. The van der Waals surface area contributed by atoms with Crippen LogP contribution in [0.4, 0.5) is 0 Å². The van der Waals surface area contributed by atoms with Gasteiger partial charge in [-0.25, -0.2) is 0 Å². The summed E-state index contributed by atoms with van der Waals surface area (Å²) < 4.78 is 0. The Morgan fingerprint density at radius 1 is 1.29 bits per heavy atom. The van der Waals surface area contributed by atoms with E-state index in [1.807, 2.05) is 7.05 Å². The molecule has 0 aromatic carbocycles. The third-order valence-electron chi connectivity index (χ3n) is 5.19. The second kappa shape index (κ2) is 12.1. The average molecular weight is 448 g/mol. The van der Waals surface area contributed by atoms with Gasteiger partial charge in [-0.1, -0.05) is 11.6 Å². The van der Waals surface area contributed by atoms with E-state index < -0.39 is 0 Å². The van der Waals surface area contributed by atoms with Gasteiger partial charge >= 0.3 is 0 Å². The number of nitrogens with zero attached hydrogens (tertiary/aromatic N) is 2. The van der Waals surface area contributed by atoms with Crippen molar-refractivity contribution in [3.8, 4) is 0 Å². The van der Waals surface area contributed by atoms with Crippen LogP contribution in [0.3, 0.4) is 0 Å². The molecule has 0 spiro atoms. The minimum Gasteiger partial charge on any atom is -0.356 e. The van der Waals surface area contributed by atoms with Crippen molar-refractivity contribution in [2.45, 2.75) is 64.8 Å². The monoisotopic (exact) mass is 448 g/mol. The lowest BCUT2D eigenvalue weighted by Gasteiger charge is -2.35. The van der Waals surface area contributed by atoms with Gasteiger partial charge in [0.1, 0.15) is 0 Å². The van der Waals surface area contributed by atoms with Crippen LogP contribution in [0.25, 0.3) is 0 Å². The summed E-state index contributed by atoms with van der Waals surface area (Å²) in [5.41, 5.74) is 1.62. The zero-order chi connectivity index (χ0) is 16.5. The molecule has 0 amide bonds. The highest BCUT2D eigenvalue weighted by molar-refractivity contribution is 14.0. The Morgan fingerprint density at radius 3 is 2.79 bits per heavy atom. The van der Waals surface area contributed by atoms with Crippen LogP contribution in [0, 0.1) is 5.92 Å². The largest absolute Gasteiger partial charge is 0.356 e. The van der Waals surface area contributed by atoms with Crippen molar-refractivity contribution in [3.63, 3.8) is 0 Å². The van der Waals surface area contributed by atoms with Crippen molar-refractivity contribution in [3.05, 3.63) is 11.6 Å². The molecular weight excluding hydrogens is 411 g/mol. The van der Waals surface area contributed by atoms with E-state index in [4.69, 9.17) is 0 Å². The maximum absolute atomic E-state index is 4.37. The summed E-state index contributed by atoms with van der Waals surface area (Å²) in [5.74, 6) is 1.70. The second-order valence-corrected chi connectivity index (χ2v) is 7.33. The maximum Gasteiger partial charge on any atom is 0.190 e. The van der Waals surface area contributed by atoms with Crippen molar-refractivity contribution in [1.82, 2.24) is 15.5 Å². The number of nitrogens with one attached hydrogen (secondary N) is 2. The molecule has 1 aliphatic heterocycles. The summed E-state index contributed by atoms with van der Waals surface area (Å²) in [6.45, 7) is 9.11. The van der Waals surface area contributed by atoms with Gasteiger partial charge in [0.2, 0.25) is 0 Å². The molecule has 1 aliphatic carbocycles. The summed E-state index contributed by atoms with van der Waals surface area (Å²) in [6, 6.07) is 0.666. The first kappa shape index (κ1) is 21.7. The molecule has 0 aromatic rings. The number of halogens is 1. The van der Waals surface area contributed by atoms with E-state index in [-0.39, 0.29) is 24.0 Å². The molecule has 0 saturated carbocycles. The third kappa shape index (κ3) is 7.72. The van der Waals surface area contributed by atoms with E-state index in [9.17, 15) is 0 Å². The average Bonchev–Trinajstić information content (AvgIpc) is 2.59. The van der Waals surface area contributed by atoms with Crippen LogP contribution < -0.4 is 10.6 Å². The first-order chi connectivity index (χ1) is 11.2. The SMILES string of the molecule is CN=C(NCCC1=CCCCC1)NCC1CCCN(C(C)C)C1.I. The molecule has 1 atom stereocenters. The minimum absolute atomic E-state index is 0. The number of hydrogen-bond acceptors (Lipinski definition) is 2. The van der Waals surface area contributed by atoms with Crippen molar-refractivity contribution in [2.75, 3.05) is 33.2 Å². The highest BCUT2D eigenvalue weighted by atomic mass is 127. The molecule has 1 fully saturated rings. The lowest BCUT2D eigenvalue weighted by Crippen LogP contribution is -2.46. The summed E-state index contributed by atoms with van der Waals surface area (Å²) in [7, 11) is 1.87. The highest BCUT2D eigenvalue weighted by Gasteiger charge is 2.21. The van der Waals surface area contributed by atoms with Gasteiger partial charge in [-0.05, 0) is 71.3 Å². The molecule has 2 aliphatic rings. The fourth-order valence-electron chi connectivity index (χ4n) is 3.67. The third-order valence-corrected chi connectivity index (χ3v) is 5.19. The standard InChI is InChI=1S/C19H36N4.HI/c1-16(2)23-13-7-10-18(15-23)14-22-19(20-3)21-12-11-17-8-5-4-6-9-17;/h8,16,18H,4-7,9-15H2,1-3H3,(H2,20,21,22);1H. The normalized spacial score (nSPS) is 22.8. The fourth-order valence-corrected chi connectivity index (χ4v) is 3.67. The Morgan fingerprint density at radius 2 is 2.12 bits per heavy atom. The van der Waals surface area contributed by atoms with Crippen LogP contribution in [0.15, 0.2) is 16.6 Å². The smallest absolute Gasteiger partial charge is 0.190 e. The summed E-state index contributed by atoms with van der Waals surface area (Å²) in [5, 5.41) is 7.00. The molecule has 4 nitrogen and oxygen atoms in total. The first-order valence-electron chi connectivity index (χ1n) is 9.55. The molecule has 0 aromatic heterocycles. The topological polar surface area (TPSA) is 39.7 Å². The second-order valence-electron chi connectivity index (χ2n) is 7.33. The van der Waals surface area contributed by atoms with Gasteiger partial charge in [-0.3, -0.25) is 4.99 Å². The summed E-state index contributed by atoms with van der Waals surface area (Å²) in [4.78, 5) is 6.97. The van der Waals surface area contributed by atoms with Gasteiger partial charge < -0.3 is 15.5 Å². The molecule has 2 N–H and O–H groups in total. The number of rotatable bonds is 6. The van der Waals surface area contributed by atoms with Crippen molar-refractivity contribution in [1.29, 1.82) is 0 Å². The molecular formula is C19H37IN4. The van der Waals surface area contributed by atoms with Gasteiger partial charge in [-0.15, -0.1) is 24.0 Å². The van der Waals surface area contributed by atoms with Crippen molar-refractivity contribution >= 4 is 29.9 Å². The van der Waals surface area contributed by atoms with Gasteiger partial charge in [0.05, 0.1) is 0 Å². The Kier molecular flexibility index (Phi) is 11.0. The Balaban J connectivity index is 0.00000288. The molecule has 2 rings (SSSR count). The number of allylic oxidation sites excluding steroid dienone is 1. The lowest BCUT2D eigenvalue weighted by atomic mass is 9.97. The van der Waals surface area contributed by atoms with E-state index in [0.29, 0.717) is 6.04 Å². The highest BCUT2D eigenvalue weighted by Crippen LogP contribution is 2.19. The molecule has 24 heavy (non-hydrogen) atoms. The number of guanidine groups is 1. The summed E-state index contributed by atoms with van der Waals surface area (Å²) >= 11 is 0. The maximum atomic E-state index is 4.37. The number of hydrogen-bond donors (Lipinski definition) is 2. The van der Waals surface area contributed by atoms with Gasteiger partial charge in [-0.2, -0.15) is 0 Å². The molecule has 0 bridgehead atoms. The van der Waals surface area contributed by atoms with Gasteiger partial charge in [0.15, 0.2) is 5.96 Å². The van der Waals surface area contributed by atoms with E-state index in [0.717, 1.165) is 31.4 Å². The van der Waals surface area contributed by atoms with Crippen LogP contribution in [0.5, 0.6) is 0 Å². The minimum atomic E-state index is 0. The zero-order valence-corrected chi connectivity index (χ0v) is 18.1. The first-order valence-corrected chi connectivity index (χ1v) is 9.55. The molecule has 1 heterocycles. The zero-order valence-electron chi connectivity index (χ0n) is 15.8. The van der Waals surface area contributed by atoms with Gasteiger partial charge in [0, 0.05) is 32.7 Å². The summed E-state index contributed by atoms with van der Waals surface area (Å²) in [6.07, 6.45) is 11.6. The predicted octanol–water partition coefficient (Wildman–Crippen LogP) is 3.78. The molecule has 0 radical (unpaired) electrons. The number of piperidine rings is 1. The predicted molar refractivity (Wildman–Crippen MR) is 115 cm³/mol. The van der Waals surface area contributed by atoms with Crippen molar-refractivity contribution < 1.29 is 0 Å². The molecule has 140 valence electrons. The number of aliphatic imine (C=N–C) groups is 1. The van der Waals surface area contributed by atoms with Crippen LogP contribution in [-0.4, -0.2) is 50.1 Å². The van der Waals surface area contributed by atoms with Crippen LogP contribution in [-0.2, 0) is 0 Å². The number of likely N-dealkylation sites (tertiary alicyclic amines) is 1. The Labute approximate surface area is 166 Å². The van der Waals surface area contributed by atoms with E-state index in [2.05, 4.69) is 40.4 Å². The fraction of sp³-hybridized carbons (Fsp3) is 0.842. The van der Waals surface area contributed by atoms with Crippen LogP contribution in [0.1, 0.15) is 58.8 Å². The van der Waals surface area contributed by atoms with Gasteiger partial charge in [0.25, 0.3) is 0 Å². The van der Waals surface area contributed by atoms with Crippen LogP contribution >= 0.6 is 24.0 Å². The van der Waals surface area contributed by atoms with Crippen LogP contribution in [0.2, 0.25) is 0 Å². The lowest BCUT2D eigenvalue weighted by molar-refractivity contribution is 0.141.